The number of amides is 1. The molecule has 2 saturated carbocycles. The third kappa shape index (κ3) is 1.04. The molecule has 0 radical (unpaired) electrons. The van der Waals surface area contributed by atoms with E-state index in [1.807, 2.05) is 4.90 Å². The fraction of sp³-hybridized carbons (Fsp3) is 0.818. The molecule has 1 unspecified atom stereocenters. The van der Waals surface area contributed by atoms with Gasteiger partial charge in [0.25, 0.3) is 0 Å². The fourth-order valence-corrected chi connectivity index (χ4v) is 2.71. The molecule has 0 bridgehead atoms. The lowest BCUT2D eigenvalue weighted by molar-refractivity contribution is -0.138. The summed E-state index contributed by atoms with van der Waals surface area (Å²) in [5.41, 5.74) is 0.130. The Kier molecular flexibility index (Phi) is 1.56. The van der Waals surface area contributed by atoms with Crippen molar-refractivity contribution in [3.8, 4) is 0 Å². The number of carbonyl (C=O) groups excluding carboxylic acids is 2. The quantitative estimate of drug-likeness (QED) is 0.616. The highest BCUT2D eigenvalue weighted by molar-refractivity contribution is 5.85. The summed E-state index contributed by atoms with van der Waals surface area (Å²) in [6.07, 6.45) is 7.23. The van der Waals surface area contributed by atoms with Crippen LogP contribution in [-0.2, 0) is 9.59 Å². The molecule has 3 nitrogen and oxygen atoms in total. The van der Waals surface area contributed by atoms with E-state index in [1.165, 1.54) is 0 Å². The Bertz CT molecular complexity index is 292. The minimum absolute atomic E-state index is 0.106. The highest BCUT2D eigenvalue weighted by Gasteiger charge is 2.58. The number of hydrogen-bond acceptors (Lipinski definition) is 2. The molecule has 0 N–H and O–H groups in total. The number of carbonyl (C=O) groups is 2. The lowest BCUT2D eigenvalue weighted by atomic mass is 10.2. The standard InChI is InChI=1S/C11H15NO2/c13-7-9-3-4-11(5-6-11)12(9)10(14)8-1-2-8/h7-9H,1-6H2. The Hall–Kier alpha value is -0.860. The van der Waals surface area contributed by atoms with Crippen molar-refractivity contribution in [3.63, 3.8) is 0 Å². The minimum Gasteiger partial charge on any atom is -0.327 e. The Labute approximate surface area is 83.5 Å². The number of likely N-dealkylation sites (tertiary alicyclic amines) is 1. The summed E-state index contributed by atoms with van der Waals surface area (Å²) in [7, 11) is 0. The van der Waals surface area contributed by atoms with Crippen LogP contribution in [0.3, 0.4) is 0 Å². The van der Waals surface area contributed by atoms with E-state index in [-0.39, 0.29) is 23.4 Å². The first-order valence-electron chi connectivity index (χ1n) is 5.55. The number of rotatable bonds is 2. The van der Waals surface area contributed by atoms with E-state index in [0.717, 1.165) is 44.8 Å². The second-order valence-corrected chi connectivity index (χ2v) is 4.95. The molecule has 1 atom stereocenters. The van der Waals surface area contributed by atoms with Gasteiger partial charge in [-0.15, -0.1) is 0 Å². The second-order valence-electron chi connectivity index (χ2n) is 4.95. The summed E-state index contributed by atoms with van der Waals surface area (Å²) in [4.78, 5) is 24.8. The van der Waals surface area contributed by atoms with Crippen molar-refractivity contribution in [1.29, 1.82) is 0 Å². The Balaban J connectivity index is 1.84. The maximum absolute atomic E-state index is 12.0. The maximum atomic E-state index is 12.0. The Morgan fingerprint density at radius 1 is 1.21 bits per heavy atom. The van der Waals surface area contributed by atoms with Crippen LogP contribution in [0, 0.1) is 5.92 Å². The molecule has 3 heteroatoms. The molecule has 0 aromatic carbocycles. The van der Waals surface area contributed by atoms with Crippen LogP contribution in [0.15, 0.2) is 0 Å². The van der Waals surface area contributed by atoms with Crippen molar-refractivity contribution in [2.45, 2.75) is 50.1 Å². The molecule has 3 rings (SSSR count). The number of nitrogens with zero attached hydrogens (tertiary/aromatic N) is 1. The van der Waals surface area contributed by atoms with E-state index in [2.05, 4.69) is 0 Å². The van der Waals surface area contributed by atoms with Gasteiger partial charge in [-0.05, 0) is 38.5 Å². The van der Waals surface area contributed by atoms with Gasteiger partial charge in [0.2, 0.25) is 5.91 Å². The van der Waals surface area contributed by atoms with Crippen LogP contribution in [0.2, 0.25) is 0 Å². The lowest BCUT2D eigenvalue weighted by Crippen LogP contribution is -2.44. The van der Waals surface area contributed by atoms with Crippen molar-refractivity contribution in [3.05, 3.63) is 0 Å². The smallest absolute Gasteiger partial charge is 0.226 e. The van der Waals surface area contributed by atoms with Gasteiger partial charge in [0.05, 0.1) is 6.04 Å². The van der Waals surface area contributed by atoms with Crippen molar-refractivity contribution >= 4 is 12.2 Å². The third-order valence-corrected chi connectivity index (χ3v) is 3.90. The topological polar surface area (TPSA) is 37.4 Å². The minimum atomic E-state index is -0.106. The molecule has 1 aliphatic heterocycles. The predicted molar refractivity (Wildman–Crippen MR) is 50.6 cm³/mol. The summed E-state index contributed by atoms with van der Waals surface area (Å²) >= 11 is 0. The second kappa shape index (κ2) is 2.59. The van der Waals surface area contributed by atoms with E-state index in [9.17, 15) is 9.59 Å². The van der Waals surface area contributed by atoms with Crippen LogP contribution in [0.25, 0.3) is 0 Å². The van der Waals surface area contributed by atoms with Gasteiger partial charge in [-0.25, -0.2) is 0 Å². The average Bonchev–Trinajstić information content (AvgIpc) is 3.01. The van der Waals surface area contributed by atoms with E-state index in [1.54, 1.807) is 0 Å². The summed E-state index contributed by atoms with van der Waals surface area (Å²) in [6.45, 7) is 0. The van der Waals surface area contributed by atoms with Gasteiger partial charge in [0, 0.05) is 11.5 Å². The zero-order valence-electron chi connectivity index (χ0n) is 8.24. The zero-order chi connectivity index (χ0) is 9.76. The molecule has 2 aliphatic carbocycles. The van der Waals surface area contributed by atoms with Crippen molar-refractivity contribution in [1.82, 2.24) is 4.90 Å². The molecule has 76 valence electrons. The SMILES string of the molecule is O=CC1CCC2(CC2)N1C(=O)C1CC1. The number of hydrogen-bond donors (Lipinski definition) is 0. The van der Waals surface area contributed by atoms with Crippen molar-refractivity contribution in [2.75, 3.05) is 0 Å². The molecule has 1 saturated heterocycles. The van der Waals surface area contributed by atoms with Crippen LogP contribution in [-0.4, -0.2) is 28.7 Å². The van der Waals surface area contributed by atoms with Gasteiger partial charge in [-0.2, -0.15) is 0 Å². The molecule has 0 aromatic heterocycles. The predicted octanol–water partition coefficient (Wildman–Crippen LogP) is 1.12. The summed E-state index contributed by atoms with van der Waals surface area (Å²) in [5, 5.41) is 0. The normalized spacial score (nSPS) is 33.4. The van der Waals surface area contributed by atoms with Crippen LogP contribution in [0.5, 0.6) is 0 Å². The van der Waals surface area contributed by atoms with Crippen LogP contribution < -0.4 is 0 Å². The van der Waals surface area contributed by atoms with Gasteiger partial charge in [0.1, 0.15) is 6.29 Å². The maximum Gasteiger partial charge on any atom is 0.226 e. The number of aldehydes is 1. The summed E-state index contributed by atoms with van der Waals surface area (Å²) in [5.74, 6) is 0.519. The molecule has 14 heavy (non-hydrogen) atoms. The van der Waals surface area contributed by atoms with Gasteiger partial charge < -0.3 is 9.69 Å². The first kappa shape index (κ1) is 8.45. The lowest BCUT2D eigenvalue weighted by Gasteiger charge is -2.27. The molecular weight excluding hydrogens is 178 g/mol. The van der Waals surface area contributed by atoms with Crippen LogP contribution in [0.4, 0.5) is 0 Å². The molecule has 3 fully saturated rings. The third-order valence-electron chi connectivity index (χ3n) is 3.90. The monoisotopic (exact) mass is 193 g/mol. The molecule has 1 spiro atoms. The summed E-state index contributed by atoms with van der Waals surface area (Å²) < 4.78 is 0. The van der Waals surface area contributed by atoms with E-state index < -0.39 is 0 Å². The Morgan fingerprint density at radius 2 is 1.93 bits per heavy atom. The van der Waals surface area contributed by atoms with Gasteiger partial charge >= 0.3 is 0 Å². The average molecular weight is 193 g/mol. The van der Waals surface area contributed by atoms with Crippen molar-refractivity contribution < 1.29 is 9.59 Å². The Morgan fingerprint density at radius 3 is 2.43 bits per heavy atom. The first-order valence-corrected chi connectivity index (χ1v) is 5.55. The van der Waals surface area contributed by atoms with Crippen LogP contribution >= 0.6 is 0 Å². The van der Waals surface area contributed by atoms with E-state index >= 15 is 0 Å². The van der Waals surface area contributed by atoms with E-state index in [0.29, 0.717) is 0 Å². The van der Waals surface area contributed by atoms with E-state index in [4.69, 9.17) is 0 Å². The fourth-order valence-electron chi connectivity index (χ4n) is 2.71. The highest BCUT2D eigenvalue weighted by atomic mass is 16.2. The zero-order valence-corrected chi connectivity index (χ0v) is 8.24. The van der Waals surface area contributed by atoms with Gasteiger partial charge in [0.15, 0.2) is 0 Å². The van der Waals surface area contributed by atoms with Gasteiger partial charge in [-0.3, -0.25) is 4.79 Å². The van der Waals surface area contributed by atoms with Crippen LogP contribution in [0.1, 0.15) is 38.5 Å². The van der Waals surface area contributed by atoms with Crippen molar-refractivity contribution in [2.24, 2.45) is 5.92 Å². The van der Waals surface area contributed by atoms with Gasteiger partial charge in [-0.1, -0.05) is 0 Å². The first-order chi connectivity index (χ1) is 6.77. The highest BCUT2D eigenvalue weighted by Crippen LogP contribution is 2.53. The molecule has 1 heterocycles. The molecule has 0 aromatic rings. The molecular formula is C11H15NO2. The molecule has 3 aliphatic rings. The summed E-state index contributed by atoms with van der Waals surface area (Å²) in [6, 6.07) is -0.106. The molecule has 1 amide bonds. The largest absolute Gasteiger partial charge is 0.327 e.